The monoisotopic (exact) mass is 190 g/mol. The molecule has 0 saturated heterocycles. The second-order valence-electron chi connectivity index (χ2n) is 3.41. The van der Waals surface area contributed by atoms with E-state index in [-0.39, 0.29) is 0 Å². The molecule has 0 aliphatic carbocycles. The number of nitrogens with two attached hydrogens (primary N) is 1. The molecule has 3 nitrogen and oxygen atoms in total. The number of hydrogen-bond donors (Lipinski definition) is 3. The average molecular weight is 190 g/mol. The summed E-state index contributed by atoms with van der Waals surface area (Å²) in [6.07, 6.45) is 0.111. The van der Waals surface area contributed by atoms with Gasteiger partial charge in [0.25, 0.3) is 0 Å². The molecule has 1 heterocycles. The van der Waals surface area contributed by atoms with Gasteiger partial charge in [-0.3, -0.25) is 0 Å². The number of para-hydroxylation sites is 1. The van der Waals surface area contributed by atoms with E-state index in [2.05, 4.69) is 4.98 Å². The van der Waals surface area contributed by atoms with Crippen molar-refractivity contribution in [2.24, 2.45) is 5.73 Å². The molecule has 2 rings (SSSR count). The van der Waals surface area contributed by atoms with Gasteiger partial charge in [0.15, 0.2) is 0 Å². The largest absolute Gasteiger partial charge is 0.387 e. The summed E-state index contributed by atoms with van der Waals surface area (Å²) < 4.78 is 0. The number of H-pyrrole nitrogens is 1. The zero-order valence-electron chi connectivity index (χ0n) is 7.90. The molecule has 0 aliphatic heterocycles. The Hall–Kier alpha value is -1.32. The first-order valence-electron chi connectivity index (χ1n) is 4.77. The van der Waals surface area contributed by atoms with Crippen LogP contribution < -0.4 is 5.73 Å². The van der Waals surface area contributed by atoms with Crippen LogP contribution in [0.4, 0.5) is 0 Å². The van der Waals surface area contributed by atoms with Gasteiger partial charge in [-0.25, -0.2) is 0 Å². The Kier molecular flexibility index (Phi) is 2.52. The molecule has 0 radical (unpaired) electrons. The second-order valence-corrected chi connectivity index (χ2v) is 3.41. The normalized spacial score (nSPS) is 13.3. The molecule has 0 bridgehead atoms. The fourth-order valence-corrected chi connectivity index (χ4v) is 1.59. The zero-order chi connectivity index (χ0) is 9.97. The van der Waals surface area contributed by atoms with E-state index in [4.69, 9.17) is 5.73 Å². The van der Waals surface area contributed by atoms with E-state index in [1.807, 2.05) is 30.3 Å². The van der Waals surface area contributed by atoms with Gasteiger partial charge in [0, 0.05) is 11.2 Å². The summed E-state index contributed by atoms with van der Waals surface area (Å²) in [5.41, 5.74) is 7.29. The number of aliphatic hydroxyl groups is 1. The second kappa shape index (κ2) is 3.82. The van der Waals surface area contributed by atoms with E-state index in [0.717, 1.165) is 16.6 Å². The number of aliphatic hydroxyl groups excluding tert-OH is 1. The fraction of sp³-hybridized carbons (Fsp3) is 0.273. The summed E-state index contributed by atoms with van der Waals surface area (Å²) in [5, 5.41) is 10.8. The predicted octanol–water partition coefficient (Wildman–Crippen LogP) is 1.55. The SMILES string of the molecule is NCCC(O)c1cc2ccccc2[nH]1. The Morgan fingerprint density at radius 2 is 2.14 bits per heavy atom. The number of rotatable bonds is 3. The van der Waals surface area contributed by atoms with Crippen molar-refractivity contribution in [3.63, 3.8) is 0 Å². The summed E-state index contributed by atoms with van der Waals surface area (Å²) in [7, 11) is 0. The lowest BCUT2D eigenvalue weighted by atomic mass is 10.2. The zero-order valence-corrected chi connectivity index (χ0v) is 7.90. The highest BCUT2D eigenvalue weighted by Gasteiger charge is 2.08. The van der Waals surface area contributed by atoms with E-state index in [1.54, 1.807) is 0 Å². The first-order valence-corrected chi connectivity index (χ1v) is 4.77. The summed E-state index contributed by atoms with van der Waals surface area (Å²) in [4.78, 5) is 3.17. The lowest BCUT2D eigenvalue weighted by molar-refractivity contribution is 0.166. The van der Waals surface area contributed by atoms with Gasteiger partial charge in [-0.2, -0.15) is 0 Å². The van der Waals surface area contributed by atoms with Crippen molar-refractivity contribution in [3.05, 3.63) is 36.0 Å². The molecule has 0 amide bonds. The number of nitrogens with one attached hydrogen (secondary N) is 1. The minimum Gasteiger partial charge on any atom is -0.387 e. The summed E-state index contributed by atoms with van der Waals surface area (Å²) >= 11 is 0. The van der Waals surface area contributed by atoms with Crippen molar-refractivity contribution in [1.29, 1.82) is 0 Å². The van der Waals surface area contributed by atoms with Crippen molar-refractivity contribution in [2.45, 2.75) is 12.5 Å². The van der Waals surface area contributed by atoms with Gasteiger partial charge < -0.3 is 15.8 Å². The molecular formula is C11H14N2O. The van der Waals surface area contributed by atoms with Gasteiger partial charge in [0.05, 0.1) is 6.10 Å². The van der Waals surface area contributed by atoms with Gasteiger partial charge in [-0.1, -0.05) is 18.2 Å². The van der Waals surface area contributed by atoms with Crippen molar-refractivity contribution in [3.8, 4) is 0 Å². The minimum absolute atomic E-state index is 0.479. The van der Waals surface area contributed by atoms with E-state index < -0.39 is 6.10 Å². The van der Waals surface area contributed by atoms with Crippen LogP contribution in [0.2, 0.25) is 0 Å². The van der Waals surface area contributed by atoms with Gasteiger partial charge in [0.2, 0.25) is 0 Å². The van der Waals surface area contributed by atoms with Gasteiger partial charge in [0.1, 0.15) is 0 Å². The molecule has 3 heteroatoms. The molecule has 14 heavy (non-hydrogen) atoms. The van der Waals surface area contributed by atoms with Crippen LogP contribution in [0.1, 0.15) is 18.2 Å². The first kappa shape index (κ1) is 9.24. The van der Waals surface area contributed by atoms with Gasteiger partial charge >= 0.3 is 0 Å². The summed E-state index contributed by atoms with van der Waals surface area (Å²) in [6.45, 7) is 0.497. The Morgan fingerprint density at radius 3 is 2.86 bits per heavy atom. The Balaban J connectivity index is 2.35. The highest BCUT2D eigenvalue weighted by Crippen LogP contribution is 2.21. The Labute approximate surface area is 82.6 Å². The maximum Gasteiger partial charge on any atom is 0.0950 e. The molecule has 1 aromatic carbocycles. The molecule has 2 aromatic rings. The Bertz CT molecular complexity index is 389. The molecule has 74 valence electrons. The van der Waals surface area contributed by atoms with Crippen LogP contribution in [0, 0.1) is 0 Å². The number of aromatic amines is 1. The first-order chi connectivity index (χ1) is 6.81. The minimum atomic E-state index is -0.479. The molecule has 1 atom stereocenters. The number of hydrogen-bond acceptors (Lipinski definition) is 2. The van der Waals surface area contributed by atoms with E-state index in [0.29, 0.717) is 13.0 Å². The van der Waals surface area contributed by atoms with E-state index >= 15 is 0 Å². The number of aromatic nitrogens is 1. The van der Waals surface area contributed by atoms with Crippen LogP contribution in [0.15, 0.2) is 30.3 Å². The van der Waals surface area contributed by atoms with Crippen molar-refractivity contribution < 1.29 is 5.11 Å². The van der Waals surface area contributed by atoms with Crippen LogP contribution in [0.25, 0.3) is 10.9 Å². The topological polar surface area (TPSA) is 62.0 Å². The van der Waals surface area contributed by atoms with Crippen LogP contribution in [0.3, 0.4) is 0 Å². The average Bonchev–Trinajstić information content (AvgIpc) is 2.61. The van der Waals surface area contributed by atoms with Gasteiger partial charge in [-0.05, 0) is 30.5 Å². The molecule has 1 unspecified atom stereocenters. The third kappa shape index (κ3) is 1.64. The van der Waals surface area contributed by atoms with Gasteiger partial charge in [-0.15, -0.1) is 0 Å². The van der Waals surface area contributed by atoms with Crippen molar-refractivity contribution in [1.82, 2.24) is 4.98 Å². The lowest BCUT2D eigenvalue weighted by Crippen LogP contribution is -2.06. The highest BCUT2D eigenvalue weighted by atomic mass is 16.3. The maximum absolute atomic E-state index is 9.71. The Morgan fingerprint density at radius 1 is 1.36 bits per heavy atom. The van der Waals surface area contributed by atoms with Crippen molar-refractivity contribution in [2.75, 3.05) is 6.54 Å². The van der Waals surface area contributed by atoms with Crippen LogP contribution in [0.5, 0.6) is 0 Å². The van der Waals surface area contributed by atoms with Crippen LogP contribution in [-0.4, -0.2) is 16.6 Å². The lowest BCUT2D eigenvalue weighted by Gasteiger charge is -2.05. The summed E-state index contributed by atoms with van der Waals surface area (Å²) in [6, 6.07) is 9.93. The fourth-order valence-electron chi connectivity index (χ4n) is 1.59. The third-order valence-electron chi connectivity index (χ3n) is 2.35. The molecular weight excluding hydrogens is 176 g/mol. The molecule has 0 spiro atoms. The predicted molar refractivity (Wildman–Crippen MR) is 56.9 cm³/mol. The smallest absolute Gasteiger partial charge is 0.0950 e. The third-order valence-corrected chi connectivity index (χ3v) is 2.35. The molecule has 4 N–H and O–H groups in total. The van der Waals surface area contributed by atoms with E-state index in [1.165, 1.54) is 0 Å². The van der Waals surface area contributed by atoms with Crippen LogP contribution >= 0.6 is 0 Å². The quantitative estimate of drug-likeness (QED) is 0.687. The van der Waals surface area contributed by atoms with E-state index in [9.17, 15) is 5.11 Å². The standard InChI is InChI=1S/C11H14N2O/c12-6-5-11(14)10-7-8-3-1-2-4-9(8)13-10/h1-4,7,11,13-14H,5-6,12H2. The van der Waals surface area contributed by atoms with Crippen molar-refractivity contribution >= 4 is 10.9 Å². The summed E-state index contributed by atoms with van der Waals surface area (Å²) in [5.74, 6) is 0. The molecule has 0 saturated carbocycles. The maximum atomic E-state index is 9.71. The molecule has 0 fully saturated rings. The molecule has 1 aromatic heterocycles. The number of fused-ring (bicyclic) bond motifs is 1. The molecule has 0 aliphatic rings. The number of benzene rings is 1. The highest BCUT2D eigenvalue weighted by molar-refractivity contribution is 5.80. The van der Waals surface area contributed by atoms with Crippen LogP contribution in [-0.2, 0) is 0 Å².